The fourth-order valence-corrected chi connectivity index (χ4v) is 0.207. The van der Waals surface area contributed by atoms with Gasteiger partial charge in [0.2, 0.25) is 0 Å². The number of nitrogens with two attached hydrogens (primary N) is 1. The van der Waals surface area contributed by atoms with Crippen molar-refractivity contribution in [2.24, 2.45) is 5.73 Å². The molecule has 8 heavy (non-hydrogen) atoms. The lowest BCUT2D eigenvalue weighted by Gasteiger charge is -2.16. The Morgan fingerprint density at radius 3 is 2.25 bits per heavy atom. The summed E-state index contributed by atoms with van der Waals surface area (Å²) in [6, 6.07) is 0. The van der Waals surface area contributed by atoms with E-state index in [4.69, 9.17) is 10.8 Å². The summed E-state index contributed by atoms with van der Waals surface area (Å²) >= 11 is 0. The number of rotatable bonds is 2. The largest absolute Gasteiger partial charge is 0.372 e. The first-order chi connectivity index (χ1) is 3.48. The third-order valence-corrected chi connectivity index (χ3v) is 0.897. The van der Waals surface area contributed by atoms with Gasteiger partial charge in [0, 0.05) is 0 Å². The van der Waals surface area contributed by atoms with E-state index in [1.807, 2.05) is 0 Å². The Labute approximate surface area is 49.3 Å². The molecule has 0 amide bonds. The molecular formula is C6H11NO. The molecule has 0 spiro atoms. The molecule has 1 atom stereocenters. The molecule has 46 valence electrons. The average molecular weight is 113 g/mol. The molecule has 0 fully saturated rings. The predicted octanol–water partition coefficient (Wildman–Crippen LogP) is 0.396. The van der Waals surface area contributed by atoms with Crippen LogP contribution in [-0.4, -0.2) is 10.8 Å². The van der Waals surface area contributed by atoms with E-state index in [1.165, 1.54) is 13.0 Å². The van der Waals surface area contributed by atoms with Gasteiger partial charge in [-0.25, -0.2) is 0 Å². The molecule has 2 heteroatoms. The fraction of sp³-hybridized carbons (Fsp3) is 0.333. The lowest BCUT2D eigenvalue weighted by Crippen LogP contribution is -2.36. The van der Waals surface area contributed by atoms with E-state index in [0.29, 0.717) is 5.57 Å². The molecule has 0 rings (SSSR count). The molecule has 0 bridgehead atoms. The van der Waals surface area contributed by atoms with Gasteiger partial charge in [0.25, 0.3) is 0 Å². The summed E-state index contributed by atoms with van der Waals surface area (Å²) in [7, 11) is 0. The molecule has 0 aromatic heterocycles. The third kappa shape index (κ3) is 1.91. The molecule has 0 heterocycles. The van der Waals surface area contributed by atoms with Crippen molar-refractivity contribution in [2.75, 3.05) is 0 Å². The van der Waals surface area contributed by atoms with Crippen molar-refractivity contribution >= 4 is 0 Å². The number of hydrogen-bond donors (Lipinski definition) is 2. The van der Waals surface area contributed by atoms with Gasteiger partial charge in [-0.05, 0) is 12.5 Å². The third-order valence-electron chi connectivity index (χ3n) is 0.897. The van der Waals surface area contributed by atoms with Gasteiger partial charge >= 0.3 is 0 Å². The Hall–Kier alpha value is -0.600. The second-order valence-corrected chi connectivity index (χ2v) is 1.88. The highest BCUT2D eigenvalue weighted by Gasteiger charge is 2.13. The highest BCUT2D eigenvalue weighted by molar-refractivity contribution is 5.20. The summed E-state index contributed by atoms with van der Waals surface area (Å²) in [6.07, 6.45) is 1.43. The maximum Gasteiger partial charge on any atom is 0.136 e. The van der Waals surface area contributed by atoms with Crippen LogP contribution in [0, 0.1) is 0 Å². The van der Waals surface area contributed by atoms with Crippen LogP contribution in [0.4, 0.5) is 0 Å². The second-order valence-electron chi connectivity index (χ2n) is 1.88. The van der Waals surface area contributed by atoms with Crippen molar-refractivity contribution in [3.63, 3.8) is 0 Å². The molecule has 0 aromatic rings. The fourth-order valence-electron chi connectivity index (χ4n) is 0.207. The van der Waals surface area contributed by atoms with E-state index in [2.05, 4.69) is 13.2 Å². The van der Waals surface area contributed by atoms with Crippen LogP contribution < -0.4 is 5.73 Å². The molecule has 0 aromatic carbocycles. The van der Waals surface area contributed by atoms with Crippen LogP contribution in [0.3, 0.4) is 0 Å². The zero-order valence-corrected chi connectivity index (χ0v) is 5.02. The van der Waals surface area contributed by atoms with E-state index in [9.17, 15) is 0 Å². The minimum Gasteiger partial charge on any atom is -0.372 e. The lowest BCUT2D eigenvalue weighted by molar-refractivity contribution is 0.111. The van der Waals surface area contributed by atoms with Crippen molar-refractivity contribution in [2.45, 2.75) is 12.6 Å². The minimum absolute atomic E-state index is 0.428. The van der Waals surface area contributed by atoms with E-state index in [0.717, 1.165) is 0 Å². The second kappa shape index (κ2) is 2.11. The predicted molar refractivity (Wildman–Crippen MR) is 34.1 cm³/mol. The molecular weight excluding hydrogens is 102 g/mol. The van der Waals surface area contributed by atoms with Gasteiger partial charge in [0.05, 0.1) is 0 Å². The van der Waals surface area contributed by atoms with Crippen LogP contribution in [0.1, 0.15) is 6.92 Å². The van der Waals surface area contributed by atoms with Gasteiger partial charge in [-0.15, -0.1) is 0 Å². The van der Waals surface area contributed by atoms with E-state index in [-0.39, 0.29) is 0 Å². The van der Waals surface area contributed by atoms with Gasteiger partial charge in [0.15, 0.2) is 0 Å². The monoisotopic (exact) mass is 113 g/mol. The minimum atomic E-state index is -1.30. The Balaban J connectivity index is 4.02. The van der Waals surface area contributed by atoms with Crippen LogP contribution in [0.15, 0.2) is 24.8 Å². The SMILES string of the molecule is C=CC(=C)C(C)(N)O. The van der Waals surface area contributed by atoms with Crippen molar-refractivity contribution in [3.8, 4) is 0 Å². The molecule has 0 aliphatic rings. The normalized spacial score (nSPS) is 16.9. The van der Waals surface area contributed by atoms with E-state index >= 15 is 0 Å². The van der Waals surface area contributed by atoms with Crippen molar-refractivity contribution in [3.05, 3.63) is 24.8 Å². The molecule has 0 saturated heterocycles. The molecule has 2 nitrogen and oxygen atoms in total. The van der Waals surface area contributed by atoms with Gasteiger partial charge in [-0.2, -0.15) is 0 Å². The Morgan fingerprint density at radius 1 is 1.88 bits per heavy atom. The highest BCUT2D eigenvalue weighted by atomic mass is 16.3. The smallest absolute Gasteiger partial charge is 0.136 e. The summed E-state index contributed by atoms with van der Waals surface area (Å²) in [4.78, 5) is 0. The summed E-state index contributed by atoms with van der Waals surface area (Å²) < 4.78 is 0. The summed E-state index contributed by atoms with van der Waals surface area (Å²) in [6.45, 7) is 8.29. The average Bonchev–Trinajstić information content (AvgIpc) is 1.62. The number of aliphatic hydroxyl groups is 1. The van der Waals surface area contributed by atoms with Crippen LogP contribution in [0.2, 0.25) is 0 Å². The summed E-state index contributed by atoms with van der Waals surface area (Å²) in [5.74, 6) is 0. The quantitative estimate of drug-likeness (QED) is 0.402. The van der Waals surface area contributed by atoms with Crippen molar-refractivity contribution < 1.29 is 5.11 Å². The highest BCUT2D eigenvalue weighted by Crippen LogP contribution is 2.05. The number of hydrogen-bond acceptors (Lipinski definition) is 2. The maximum atomic E-state index is 8.89. The first kappa shape index (κ1) is 7.40. The molecule has 0 aliphatic heterocycles. The molecule has 0 aliphatic carbocycles. The molecule has 0 radical (unpaired) electrons. The van der Waals surface area contributed by atoms with Crippen LogP contribution >= 0.6 is 0 Å². The first-order valence-electron chi connectivity index (χ1n) is 2.31. The zero-order valence-electron chi connectivity index (χ0n) is 5.02. The molecule has 3 N–H and O–H groups in total. The summed E-state index contributed by atoms with van der Waals surface area (Å²) in [5.41, 5.74) is 4.30. The van der Waals surface area contributed by atoms with Crippen LogP contribution in [-0.2, 0) is 0 Å². The van der Waals surface area contributed by atoms with E-state index in [1.54, 1.807) is 0 Å². The van der Waals surface area contributed by atoms with Gasteiger partial charge < -0.3 is 10.8 Å². The van der Waals surface area contributed by atoms with Gasteiger partial charge in [-0.1, -0.05) is 19.2 Å². The van der Waals surface area contributed by atoms with Gasteiger partial charge in [-0.3, -0.25) is 0 Å². The van der Waals surface area contributed by atoms with E-state index < -0.39 is 5.72 Å². The first-order valence-corrected chi connectivity index (χ1v) is 2.31. The van der Waals surface area contributed by atoms with Gasteiger partial charge in [0.1, 0.15) is 5.72 Å². The maximum absolute atomic E-state index is 8.89. The van der Waals surface area contributed by atoms with Crippen molar-refractivity contribution in [1.29, 1.82) is 0 Å². The van der Waals surface area contributed by atoms with Crippen molar-refractivity contribution in [1.82, 2.24) is 0 Å². The van der Waals surface area contributed by atoms with Crippen LogP contribution in [0.5, 0.6) is 0 Å². The van der Waals surface area contributed by atoms with Crippen LogP contribution in [0.25, 0.3) is 0 Å². The molecule has 1 unspecified atom stereocenters. The Bertz CT molecular complexity index is 110. The topological polar surface area (TPSA) is 46.2 Å². The standard InChI is InChI=1S/C6H11NO/c1-4-5(2)6(3,7)8/h4,8H,1-2,7H2,3H3. The Morgan fingerprint density at radius 2 is 2.25 bits per heavy atom. The Kier molecular flexibility index (Phi) is 1.95. The zero-order chi connectivity index (χ0) is 6.78. The summed E-state index contributed by atoms with van der Waals surface area (Å²) in [5, 5.41) is 8.89. The lowest BCUT2D eigenvalue weighted by atomic mass is 10.1. The molecule has 0 saturated carbocycles.